The third-order valence-corrected chi connectivity index (χ3v) is 5.59. The Kier molecular flexibility index (Phi) is 4.22. The van der Waals surface area contributed by atoms with Crippen LogP contribution in [0.3, 0.4) is 0 Å². The minimum Gasteiger partial charge on any atom is -0.352 e. The zero-order chi connectivity index (χ0) is 19.1. The van der Waals surface area contributed by atoms with Gasteiger partial charge in [0.15, 0.2) is 5.65 Å². The van der Waals surface area contributed by atoms with Crippen LogP contribution in [0.15, 0.2) is 36.5 Å². The molecule has 0 bridgehead atoms. The van der Waals surface area contributed by atoms with Crippen LogP contribution >= 0.6 is 0 Å². The van der Waals surface area contributed by atoms with Gasteiger partial charge >= 0.3 is 0 Å². The van der Waals surface area contributed by atoms with Gasteiger partial charge in [0.25, 0.3) is 0 Å². The average molecular weight is 376 g/mol. The van der Waals surface area contributed by atoms with Crippen LogP contribution in [-0.2, 0) is 11.2 Å². The van der Waals surface area contributed by atoms with Crippen LogP contribution in [0.5, 0.6) is 0 Å². The Morgan fingerprint density at radius 1 is 1.07 bits per heavy atom. The Balaban J connectivity index is 1.48. The highest BCUT2D eigenvalue weighted by atomic mass is 16.2. The summed E-state index contributed by atoms with van der Waals surface area (Å²) in [4.78, 5) is 26.2. The van der Waals surface area contributed by atoms with E-state index in [4.69, 9.17) is 9.97 Å². The molecule has 0 unspecified atom stereocenters. The number of aromatic nitrogens is 4. The molecule has 1 amide bonds. The maximum Gasteiger partial charge on any atom is 0.225 e. The van der Waals surface area contributed by atoms with Crippen LogP contribution in [0.25, 0.3) is 16.7 Å². The van der Waals surface area contributed by atoms with E-state index in [1.165, 1.54) is 0 Å². The molecule has 144 valence electrons. The number of hydrogen-bond acceptors (Lipinski definition) is 5. The lowest BCUT2D eigenvalue weighted by Gasteiger charge is -2.35. The molecule has 1 aromatic carbocycles. The molecular weight excluding hydrogens is 352 g/mol. The number of nitrogens with zero attached hydrogens (tertiary/aromatic N) is 6. The fourth-order valence-corrected chi connectivity index (χ4v) is 3.82. The first kappa shape index (κ1) is 17.2. The summed E-state index contributed by atoms with van der Waals surface area (Å²) < 4.78 is 1.88. The largest absolute Gasteiger partial charge is 0.352 e. The molecule has 1 aliphatic heterocycles. The van der Waals surface area contributed by atoms with Gasteiger partial charge in [0.1, 0.15) is 11.6 Å². The molecule has 1 saturated carbocycles. The number of benzene rings is 1. The maximum absolute atomic E-state index is 12.3. The number of para-hydroxylation sites is 1. The SMILES string of the molecule is CCc1nc(N2CCN(C(=O)C3CC3)CC2)c2cnn(-c3ccccc3)c2n1. The first-order valence-electron chi connectivity index (χ1n) is 10.1. The minimum absolute atomic E-state index is 0.285. The predicted molar refractivity (Wildman–Crippen MR) is 108 cm³/mol. The highest BCUT2D eigenvalue weighted by Gasteiger charge is 2.35. The van der Waals surface area contributed by atoms with E-state index in [-0.39, 0.29) is 5.92 Å². The van der Waals surface area contributed by atoms with E-state index in [0.29, 0.717) is 5.91 Å². The van der Waals surface area contributed by atoms with Crippen molar-refractivity contribution in [3.63, 3.8) is 0 Å². The molecule has 0 radical (unpaired) electrons. The number of fused-ring (bicyclic) bond motifs is 1. The average Bonchev–Trinajstić information content (AvgIpc) is 3.52. The Morgan fingerprint density at radius 3 is 2.50 bits per heavy atom. The first-order chi connectivity index (χ1) is 13.7. The standard InChI is InChI=1S/C21H24N6O/c1-2-18-23-19(25-10-12-26(13-11-25)21(28)15-8-9-15)17-14-22-27(20(17)24-18)16-6-4-3-5-7-16/h3-7,14-15H,2,8-13H2,1H3. The van der Waals surface area contributed by atoms with Gasteiger partial charge in [-0.1, -0.05) is 25.1 Å². The third kappa shape index (κ3) is 3.00. The lowest BCUT2D eigenvalue weighted by Crippen LogP contribution is -2.49. The van der Waals surface area contributed by atoms with Crippen molar-refractivity contribution < 1.29 is 4.79 Å². The summed E-state index contributed by atoms with van der Waals surface area (Å²) in [6.45, 7) is 5.18. The summed E-state index contributed by atoms with van der Waals surface area (Å²) in [5.41, 5.74) is 1.83. The van der Waals surface area contributed by atoms with Crippen LogP contribution in [-0.4, -0.2) is 56.7 Å². The van der Waals surface area contributed by atoms with Crippen LogP contribution < -0.4 is 4.90 Å². The number of anilines is 1. The highest BCUT2D eigenvalue weighted by molar-refractivity contribution is 5.88. The Hall–Kier alpha value is -2.96. The van der Waals surface area contributed by atoms with Crippen molar-refractivity contribution in [3.8, 4) is 5.69 Å². The topological polar surface area (TPSA) is 67.2 Å². The molecule has 0 atom stereocenters. The first-order valence-corrected chi connectivity index (χ1v) is 10.1. The molecule has 7 nitrogen and oxygen atoms in total. The van der Waals surface area contributed by atoms with Crippen molar-refractivity contribution in [2.24, 2.45) is 5.92 Å². The van der Waals surface area contributed by atoms with Crippen LogP contribution in [0, 0.1) is 5.92 Å². The summed E-state index contributed by atoms with van der Waals surface area (Å²) in [5, 5.41) is 5.56. The molecule has 7 heteroatoms. The smallest absolute Gasteiger partial charge is 0.225 e. The lowest BCUT2D eigenvalue weighted by molar-refractivity contribution is -0.132. The number of carbonyl (C=O) groups is 1. The Morgan fingerprint density at radius 2 is 1.82 bits per heavy atom. The summed E-state index contributed by atoms with van der Waals surface area (Å²) in [5.74, 6) is 2.37. The summed E-state index contributed by atoms with van der Waals surface area (Å²) in [6, 6.07) is 10.1. The summed E-state index contributed by atoms with van der Waals surface area (Å²) in [6.07, 6.45) is 4.75. The van der Waals surface area contributed by atoms with Gasteiger partial charge in [0.2, 0.25) is 5.91 Å². The van der Waals surface area contributed by atoms with Crippen molar-refractivity contribution in [2.45, 2.75) is 26.2 Å². The molecule has 28 heavy (non-hydrogen) atoms. The number of carbonyl (C=O) groups excluding carboxylic acids is 1. The molecular formula is C21H24N6O. The van der Waals surface area contributed by atoms with Gasteiger partial charge in [-0.25, -0.2) is 14.6 Å². The zero-order valence-electron chi connectivity index (χ0n) is 16.1. The summed E-state index contributed by atoms with van der Waals surface area (Å²) >= 11 is 0. The molecule has 3 aromatic rings. The van der Waals surface area contributed by atoms with Gasteiger partial charge in [-0.2, -0.15) is 5.10 Å². The normalized spacial score (nSPS) is 17.3. The highest BCUT2D eigenvalue weighted by Crippen LogP contribution is 2.32. The molecule has 0 N–H and O–H groups in total. The van der Waals surface area contributed by atoms with Crippen molar-refractivity contribution >= 4 is 22.8 Å². The second kappa shape index (κ2) is 6.89. The van der Waals surface area contributed by atoms with E-state index in [1.807, 2.05) is 46.1 Å². The number of piperazine rings is 1. The Bertz CT molecular complexity index is 1000. The Labute approximate surface area is 164 Å². The van der Waals surface area contributed by atoms with Gasteiger partial charge in [0, 0.05) is 38.5 Å². The van der Waals surface area contributed by atoms with Crippen LogP contribution in [0.1, 0.15) is 25.6 Å². The molecule has 5 rings (SSSR count). The van der Waals surface area contributed by atoms with Gasteiger partial charge in [-0.05, 0) is 25.0 Å². The molecule has 0 spiro atoms. The predicted octanol–water partition coefficient (Wildman–Crippen LogP) is 2.44. The lowest BCUT2D eigenvalue weighted by atomic mass is 10.2. The molecule has 2 aliphatic rings. The monoisotopic (exact) mass is 376 g/mol. The second-order valence-electron chi connectivity index (χ2n) is 7.53. The van der Waals surface area contributed by atoms with Gasteiger partial charge in [0.05, 0.1) is 17.3 Å². The van der Waals surface area contributed by atoms with Gasteiger partial charge in [-0.3, -0.25) is 4.79 Å². The number of amides is 1. The number of rotatable bonds is 4. The molecule has 1 aliphatic carbocycles. The zero-order valence-corrected chi connectivity index (χ0v) is 16.1. The molecule has 2 aromatic heterocycles. The van der Waals surface area contributed by atoms with E-state index in [1.54, 1.807) is 0 Å². The van der Waals surface area contributed by atoms with Crippen molar-refractivity contribution in [3.05, 3.63) is 42.4 Å². The van der Waals surface area contributed by atoms with Crippen molar-refractivity contribution in [2.75, 3.05) is 31.1 Å². The van der Waals surface area contributed by atoms with Crippen LogP contribution in [0.4, 0.5) is 5.82 Å². The fraction of sp³-hybridized carbons (Fsp3) is 0.429. The van der Waals surface area contributed by atoms with E-state index in [9.17, 15) is 4.79 Å². The summed E-state index contributed by atoms with van der Waals surface area (Å²) in [7, 11) is 0. The van der Waals surface area contributed by atoms with Gasteiger partial charge < -0.3 is 9.80 Å². The maximum atomic E-state index is 12.3. The van der Waals surface area contributed by atoms with Crippen molar-refractivity contribution in [1.82, 2.24) is 24.6 Å². The van der Waals surface area contributed by atoms with E-state index in [2.05, 4.69) is 16.9 Å². The third-order valence-electron chi connectivity index (χ3n) is 5.59. The van der Waals surface area contributed by atoms with E-state index < -0.39 is 0 Å². The second-order valence-corrected chi connectivity index (χ2v) is 7.53. The molecule has 2 fully saturated rings. The van der Waals surface area contributed by atoms with Crippen molar-refractivity contribution in [1.29, 1.82) is 0 Å². The molecule has 1 saturated heterocycles. The van der Waals surface area contributed by atoms with E-state index >= 15 is 0 Å². The molecule has 3 heterocycles. The quantitative estimate of drug-likeness (QED) is 0.700. The van der Waals surface area contributed by atoms with Gasteiger partial charge in [-0.15, -0.1) is 0 Å². The minimum atomic E-state index is 0.285. The number of hydrogen-bond donors (Lipinski definition) is 0. The van der Waals surface area contributed by atoms with E-state index in [0.717, 1.165) is 73.8 Å². The number of aryl methyl sites for hydroxylation is 1. The van der Waals surface area contributed by atoms with Crippen LogP contribution in [0.2, 0.25) is 0 Å². The fourth-order valence-electron chi connectivity index (χ4n) is 3.82.